The van der Waals surface area contributed by atoms with Gasteiger partial charge in [-0.3, -0.25) is 4.52 Å². The lowest BCUT2D eigenvalue weighted by Gasteiger charge is -2.20. The molecule has 6 nitrogen and oxygen atoms in total. The summed E-state index contributed by atoms with van der Waals surface area (Å²) in [6, 6.07) is 14.2. The minimum absolute atomic E-state index is 0.111. The van der Waals surface area contributed by atoms with Gasteiger partial charge in [-0.2, -0.15) is 0 Å². The normalized spacial score (nSPS) is 12.7. The number of phosphoric acid groups is 1. The van der Waals surface area contributed by atoms with Gasteiger partial charge in [0.05, 0.1) is 19.8 Å². The standard InChI is InChI=1S/C32H53O6P/c1-2-3-4-5-6-7-8-9-10-11-12-13-14-15-16-17-23-30(28-36-26-27-37-39(33,34)35)38-32-25-20-22-29-21-18-19-24-31(29)32/h18-22,24-25,30H,2-17,23,26-28H2,1H3,(H2,33,34,35). The van der Waals surface area contributed by atoms with Crippen LogP contribution in [0.2, 0.25) is 0 Å². The van der Waals surface area contributed by atoms with E-state index in [1.165, 1.54) is 96.3 Å². The number of rotatable bonds is 25. The molecule has 0 aliphatic carbocycles. The van der Waals surface area contributed by atoms with Crippen molar-refractivity contribution in [2.45, 2.75) is 122 Å². The van der Waals surface area contributed by atoms with Gasteiger partial charge in [0.25, 0.3) is 0 Å². The first-order valence-corrected chi connectivity index (χ1v) is 16.9. The van der Waals surface area contributed by atoms with Gasteiger partial charge in [0.15, 0.2) is 0 Å². The van der Waals surface area contributed by atoms with E-state index in [1.54, 1.807) is 0 Å². The van der Waals surface area contributed by atoms with Gasteiger partial charge in [0.1, 0.15) is 11.9 Å². The molecule has 0 aliphatic heterocycles. The molecule has 0 aromatic heterocycles. The van der Waals surface area contributed by atoms with Crippen LogP contribution in [0.4, 0.5) is 0 Å². The van der Waals surface area contributed by atoms with E-state index < -0.39 is 7.82 Å². The summed E-state index contributed by atoms with van der Waals surface area (Å²) in [4.78, 5) is 17.7. The molecule has 222 valence electrons. The number of hydrogen-bond acceptors (Lipinski definition) is 4. The molecule has 0 bridgehead atoms. The maximum Gasteiger partial charge on any atom is 0.469 e. The zero-order chi connectivity index (χ0) is 28.0. The lowest BCUT2D eigenvalue weighted by Crippen LogP contribution is -2.24. The van der Waals surface area contributed by atoms with Gasteiger partial charge in [-0.25, -0.2) is 4.57 Å². The minimum Gasteiger partial charge on any atom is -0.487 e. The highest BCUT2D eigenvalue weighted by Crippen LogP contribution is 2.35. The topological polar surface area (TPSA) is 85.2 Å². The molecule has 1 unspecified atom stereocenters. The van der Waals surface area contributed by atoms with Gasteiger partial charge in [-0.1, -0.05) is 140 Å². The zero-order valence-electron chi connectivity index (χ0n) is 24.2. The Kier molecular flexibility index (Phi) is 18.5. The van der Waals surface area contributed by atoms with Gasteiger partial charge in [-0.15, -0.1) is 0 Å². The number of fused-ring (bicyclic) bond motifs is 1. The average molecular weight is 565 g/mol. The van der Waals surface area contributed by atoms with E-state index in [2.05, 4.69) is 29.6 Å². The molecule has 7 heteroatoms. The molecule has 0 saturated carbocycles. The van der Waals surface area contributed by atoms with Gasteiger partial charge >= 0.3 is 7.82 Å². The van der Waals surface area contributed by atoms with Crippen molar-refractivity contribution in [2.75, 3.05) is 19.8 Å². The summed E-state index contributed by atoms with van der Waals surface area (Å²) < 4.78 is 27.4. The number of unbranched alkanes of at least 4 members (excludes halogenated alkanes) is 15. The molecule has 39 heavy (non-hydrogen) atoms. The van der Waals surface area contributed by atoms with Crippen molar-refractivity contribution in [3.8, 4) is 5.75 Å². The lowest BCUT2D eigenvalue weighted by atomic mass is 10.0. The Morgan fingerprint density at radius 3 is 1.82 bits per heavy atom. The van der Waals surface area contributed by atoms with Crippen LogP contribution in [0.5, 0.6) is 5.75 Å². The molecule has 0 aliphatic rings. The van der Waals surface area contributed by atoms with E-state index in [9.17, 15) is 4.57 Å². The summed E-state index contributed by atoms with van der Waals surface area (Å²) in [6.07, 6.45) is 22.2. The highest BCUT2D eigenvalue weighted by atomic mass is 31.2. The third-order valence-corrected chi connectivity index (χ3v) is 7.73. The molecule has 0 radical (unpaired) electrons. The van der Waals surface area contributed by atoms with E-state index in [4.69, 9.17) is 19.3 Å². The smallest absolute Gasteiger partial charge is 0.469 e. The highest BCUT2D eigenvalue weighted by Gasteiger charge is 2.15. The van der Waals surface area contributed by atoms with Crippen molar-refractivity contribution in [1.29, 1.82) is 0 Å². The van der Waals surface area contributed by atoms with Crippen LogP contribution in [0.3, 0.4) is 0 Å². The molecule has 0 heterocycles. The van der Waals surface area contributed by atoms with E-state index >= 15 is 0 Å². The van der Waals surface area contributed by atoms with E-state index in [0.29, 0.717) is 6.61 Å². The predicted octanol–water partition coefficient (Wildman–Crippen LogP) is 9.36. The van der Waals surface area contributed by atoms with Crippen molar-refractivity contribution in [2.24, 2.45) is 0 Å². The summed E-state index contributed by atoms with van der Waals surface area (Å²) in [5.41, 5.74) is 0. The zero-order valence-corrected chi connectivity index (χ0v) is 25.1. The monoisotopic (exact) mass is 564 g/mol. The molecular weight excluding hydrogens is 511 g/mol. The Morgan fingerprint density at radius 1 is 0.692 bits per heavy atom. The van der Waals surface area contributed by atoms with Crippen LogP contribution >= 0.6 is 7.82 Å². The second-order valence-electron chi connectivity index (χ2n) is 10.7. The molecule has 2 aromatic rings. The minimum atomic E-state index is -4.47. The number of ether oxygens (including phenoxy) is 2. The maximum absolute atomic E-state index is 10.9. The Labute approximate surface area is 237 Å². The van der Waals surface area contributed by atoms with Crippen molar-refractivity contribution in [1.82, 2.24) is 0 Å². The van der Waals surface area contributed by atoms with Gasteiger partial charge in [0.2, 0.25) is 0 Å². The lowest BCUT2D eigenvalue weighted by molar-refractivity contribution is 0.0277. The third-order valence-electron chi connectivity index (χ3n) is 7.21. The van der Waals surface area contributed by atoms with Gasteiger partial charge < -0.3 is 19.3 Å². The van der Waals surface area contributed by atoms with Gasteiger partial charge in [0, 0.05) is 5.39 Å². The third kappa shape index (κ3) is 17.1. The fourth-order valence-electron chi connectivity index (χ4n) is 5.00. The Balaban J connectivity index is 1.60. The van der Waals surface area contributed by atoms with Crippen molar-refractivity contribution in [3.05, 3.63) is 42.5 Å². The van der Waals surface area contributed by atoms with Crippen LogP contribution in [0.15, 0.2) is 42.5 Å². The van der Waals surface area contributed by atoms with E-state index in [1.807, 2.05) is 24.3 Å². The quantitative estimate of drug-likeness (QED) is 0.0923. The largest absolute Gasteiger partial charge is 0.487 e. The molecule has 0 fully saturated rings. The average Bonchev–Trinajstić information content (AvgIpc) is 2.92. The highest BCUT2D eigenvalue weighted by molar-refractivity contribution is 7.46. The Hall–Kier alpha value is -1.43. The molecule has 2 aromatic carbocycles. The first kappa shape index (κ1) is 33.8. The van der Waals surface area contributed by atoms with Crippen molar-refractivity contribution in [3.63, 3.8) is 0 Å². The Bertz CT molecular complexity index is 909. The van der Waals surface area contributed by atoms with Crippen LogP contribution in [-0.4, -0.2) is 35.7 Å². The van der Waals surface area contributed by atoms with Crippen LogP contribution in [0.1, 0.15) is 116 Å². The summed E-state index contributed by atoms with van der Waals surface area (Å²) in [5, 5.41) is 2.20. The number of hydrogen-bond donors (Lipinski definition) is 2. The summed E-state index contributed by atoms with van der Waals surface area (Å²) >= 11 is 0. The number of benzene rings is 2. The van der Waals surface area contributed by atoms with Crippen molar-refractivity contribution < 1.29 is 28.3 Å². The van der Waals surface area contributed by atoms with Crippen LogP contribution < -0.4 is 4.74 Å². The van der Waals surface area contributed by atoms with E-state index in [0.717, 1.165) is 29.4 Å². The first-order valence-electron chi connectivity index (χ1n) is 15.4. The van der Waals surface area contributed by atoms with Crippen LogP contribution in [0, 0.1) is 0 Å². The molecule has 2 rings (SSSR count). The Morgan fingerprint density at radius 2 is 1.23 bits per heavy atom. The van der Waals surface area contributed by atoms with Gasteiger partial charge in [-0.05, 0) is 24.3 Å². The van der Waals surface area contributed by atoms with Crippen LogP contribution in [-0.2, 0) is 13.8 Å². The molecule has 0 spiro atoms. The second kappa shape index (κ2) is 21.3. The summed E-state index contributed by atoms with van der Waals surface area (Å²) in [5.74, 6) is 0.838. The first-order chi connectivity index (χ1) is 19.0. The van der Waals surface area contributed by atoms with Crippen LogP contribution in [0.25, 0.3) is 10.8 Å². The summed E-state index contributed by atoms with van der Waals surface area (Å²) in [6.45, 7) is 2.59. The van der Waals surface area contributed by atoms with Crippen molar-refractivity contribution >= 4 is 18.6 Å². The second-order valence-corrected chi connectivity index (χ2v) is 11.9. The maximum atomic E-state index is 10.9. The molecular formula is C32H53O6P. The molecule has 1 atom stereocenters. The molecule has 0 saturated heterocycles. The predicted molar refractivity (Wildman–Crippen MR) is 161 cm³/mol. The molecule has 2 N–H and O–H groups in total. The SMILES string of the molecule is CCCCCCCCCCCCCCCCCCC(COCCOP(=O)(O)O)Oc1cccc2ccccc12. The molecule has 0 amide bonds. The number of phosphoric ester groups is 1. The fourth-order valence-corrected chi connectivity index (χ4v) is 5.32. The van der Waals surface area contributed by atoms with E-state index in [-0.39, 0.29) is 19.3 Å². The fraction of sp³-hybridized carbons (Fsp3) is 0.688. The summed E-state index contributed by atoms with van der Waals surface area (Å²) in [7, 11) is -4.47.